The Morgan fingerprint density at radius 1 is 1.25 bits per heavy atom. The van der Waals surface area contributed by atoms with Crippen molar-refractivity contribution in [1.82, 2.24) is 9.71 Å². The first-order valence-electron chi connectivity index (χ1n) is 5.81. The monoisotopic (exact) mass is 296 g/mol. The lowest BCUT2D eigenvalue weighted by atomic mass is 10.1. The molecule has 2 aromatic rings. The molecule has 0 aliphatic rings. The Kier molecular flexibility index (Phi) is 4.43. The van der Waals surface area contributed by atoms with E-state index in [0.29, 0.717) is 5.56 Å². The average molecular weight is 296 g/mol. The van der Waals surface area contributed by atoms with E-state index >= 15 is 0 Å². The van der Waals surface area contributed by atoms with Gasteiger partial charge in [-0.1, -0.05) is 30.3 Å². The molecule has 2 N–H and O–H groups in total. The number of sulfonamides is 1. The van der Waals surface area contributed by atoms with Gasteiger partial charge in [-0.3, -0.25) is 4.98 Å². The van der Waals surface area contributed by atoms with Gasteiger partial charge in [-0.2, -0.15) is 0 Å². The summed E-state index contributed by atoms with van der Waals surface area (Å²) >= 11 is 0. The second-order valence-corrected chi connectivity index (χ2v) is 5.82. The number of benzene rings is 1. The summed E-state index contributed by atoms with van der Waals surface area (Å²) in [4.78, 5) is 3.21. The Morgan fingerprint density at radius 2 is 1.95 bits per heavy atom. The fourth-order valence-corrected chi connectivity index (χ4v) is 2.88. The summed E-state index contributed by atoms with van der Waals surface area (Å²) in [6.45, 7) is -0.411. The molecule has 106 valence electrons. The van der Waals surface area contributed by atoms with Crippen LogP contribution in [0.5, 0.6) is 0 Å². The highest BCUT2D eigenvalue weighted by molar-refractivity contribution is 7.89. The Balaban J connectivity index is 2.27. The van der Waals surface area contributed by atoms with Crippen LogP contribution in [-0.4, -0.2) is 25.1 Å². The average Bonchev–Trinajstić information content (AvgIpc) is 2.46. The molecule has 0 radical (unpaired) electrons. The summed E-state index contributed by atoms with van der Waals surface area (Å²) in [6, 6.07) is 8.69. The van der Waals surface area contributed by atoms with Gasteiger partial charge in [0.15, 0.2) is 0 Å². The van der Waals surface area contributed by atoms with Crippen LogP contribution < -0.4 is 4.72 Å². The second kappa shape index (κ2) is 6.08. The van der Waals surface area contributed by atoms with Crippen molar-refractivity contribution in [3.05, 3.63) is 60.2 Å². The van der Waals surface area contributed by atoms with Gasteiger partial charge in [0, 0.05) is 6.20 Å². The van der Waals surface area contributed by atoms with E-state index < -0.39 is 28.5 Å². The van der Waals surface area contributed by atoms with Gasteiger partial charge in [0.25, 0.3) is 0 Å². The SMILES string of the molecule is O=S(=O)(N[C@H](CO)c1ccccc1)c1cncc(F)c1. The molecule has 1 heterocycles. The number of nitrogens with zero attached hydrogens (tertiary/aromatic N) is 1. The number of halogens is 1. The van der Waals surface area contributed by atoms with Crippen molar-refractivity contribution in [2.75, 3.05) is 6.61 Å². The number of aliphatic hydroxyl groups is 1. The number of hydrogen-bond donors (Lipinski definition) is 2. The molecule has 0 unspecified atom stereocenters. The van der Waals surface area contributed by atoms with Gasteiger partial charge < -0.3 is 5.11 Å². The number of hydrogen-bond acceptors (Lipinski definition) is 4. The maximum Gasteiger partial charge on any atom is 0.242 e. The van der Waals surface area contributed by atoms with Crippen molar-refractivity contribution < 1.29 is 17.9 Å². The lowest BCUT2D eigenvalue weighted by molar-refractivity contribution is 0.259. The summed E-state index contributed by atoms with van der Waals surface area (Å²) < 4.78 is 39.6. The second-order valence-electron chi connectivity index (χ2n) is 4.11. The molecule has 0 aliphatic heterocycles. The number of nitrogens with one attached hydrogen (secondary N) is 1. The molecule has 5 nitrogen and oxygen atoms in total. The van der Waals surface area contributed by atoms with Gasteiger partial charge in [0.1, 0.15) is 10.7 Å². The first-order chi connectivity index (χ1) is 9.53. The zero-order valence-electron chi connectivity index (χ0n) is 10.4. The molecule has 2 rings (SSSR count). The van der Waals surface area contributed by atoms with Crippen LogP contribution in [0.4, 0.5) is 4.39 Å². The normalized spacial score (nSPS) is 13.1. The van der Waals surface area contributed by atoms with E-state index in [4.69, 9.17) is 0 Å². The van der Waals surface area contributed by atoms with Gasteiger partial charge in [0.05, 0.1) is 18.8 Å². The summed E-state index contributed by atoms with van der Waals surface area (Å²) in [5, 5.41) is 9.33. The lowest BCUT2D eigenvalue weighted by Gasteiger charge is -2.16. The van der Waals surface area contributed by atoms with E-state index in [9.17, 15) is 17.9 Å². The van der Waals surface area contributed by atoms with Crippen molar-refractivity contribution in [1.29, 1.82) is 0 Å². The molecule has 1 aromatic carbocycles. The molecule has 1 aromatic heterocycles. The Morgan fingerprint density at radius 3 is 2.55 bits per heavy atom. The molecule has 0 saturated carbocycles. The van der Waals surface area contributed by atoms with Crippen LogP contribution in [0.1, 0.15) is 11.6 Å². The van der Waals surface area contributed by atoms with E-state index in [1.54, 1.807) is 30.3 Å². The molecule has 0 fully saturated rings. The Labute approximate surface area is 116 Å². The van der Waals surface area contributed by atoms with Crippen LogP contribution in [0.3, 0.4) is 0 Å². The summed E-state index contributed by atoms with van der Waals surface area (Å²) in [5.74, 6) is -0.742. The first-order valence-corrected chi connectivity index (χ1v) is 7.30. The van der Waals surface area contributed by atoms with Crippen LogP contribution in [0.25, 0.3) is 0 Å². The highest BCUT2D eigenvalue weighted by Gasteiger charge is 2.21. The van der Waals surface area contributed by atoms with Gasteiger partial charge in [-0.05, 0) is 11.6 Å². The smallest absolute Gasteiger partial charge is 0.242 e. The van der Waals surface area contributed by atoms with Crippen LogP contribution in [0.15, 0.2) is 53.7 Å². The van der Waals surface area contributed by atoms with Crippen LogP contribution in [-0.2, 0) is 10.0 Å². The van der Waals surface area contributed by atoms with Crippen molar-refractivity contribution in [3.8, 4) is 0 Å². The Hall–Kier alpha value is -1.83. The number of aliphatic hydroxyl groups excluding tert-OH is 1. The fourth-order valence-electron chi connectivity index (χ4n) is 1.69. The molecule has 0 aliphatic carbocycles. The van der Waals surface area contributed by atoms with Gasteiger partial charge in [-0.15, -0.1) is 0 Å². The quantitative estimate of drug-likeness (QED) is 0.870. The number of rotatable bonds is 5. The Bertz CT molecular complexity index is 677. The minimum atomic E-state index is -3.95. The number of aromatic nitrogens is 1. The summed E-state index contributed by atoms with van der Waals surface area (Å²) in [6.07, 6.45) is 1.96. The topological polar surface area (TPSA) is 79.3 Å². The zero-order valence-corrected chi connectivity index (χ0v) is 11.2. The maximum absolute atomic E-state index is 13.0. The highest BCUT2D eigenvalue weighted by atomic mass is 32.2. The van der Waals surface area contributed by atoms with Crippen molar-refractivity contribution in [2.24, 2.45) is 0 Å². The molecule has 7 heteroatoms. The minimum Gasteiger partial charge on any atom is -0.394 e. The molecule has 0 bridgehead atoms. The van der Waals surface area contributed by atoms with Crippen molar-refractivity contribution in [2.45, 2.75) is 10.9 Å². The van der Waals surface area contributed by atoms with E-state index in [-0.39, 0.29) is 4.90 Å². The van der Waals surface area contributed by atoms with E-state index in [0.717, 1.165) is 18.5 Å². The predicted octanol–water partition coefficient (Wildman–Crippen LogP) is 1.23. The van der Waals surface area contributed by atoms with E-state index in [1.807, 2.05) is 0 Å². The molecule has 0 saturated heterocycles. The third-order valence-corrected chi connectivity index (χ3v) is 4.11. The largest absolute Gasteiger partial charge is 0.394 e. The maximum atomic E-state index is 13.0. The first kappa shape index (κ1) is 14.6. The van der Waals surface area contributed by atoms with E-state index in [2.05, 4.69) is 9.71 Å². The van der Waals surface area contributed by atoms with Gasteiger partial charge in [-0.25, -0.2) is 17.5 Å². The van der Waals surface area contributed by atoms with Crippen LogP contribution in [0, 0.1) is 5.82 Å². The van der Waals surface area contributed by atoms with Crippen LogP contribution in [0.2, 0.25) is 0 Å². The molecule has 20 heavy (non-hydrogen) atoms. The molecular weight excluding hydrogens is 283 g/mol. The van der Waals surface area contributed by atoms with Crippen LogP contribution >= 0.6 is 0 Å². The molecule has 0 amide bonds. The molecule has 1 atom stereocenters. The minimum absolute atomic E-state index is 0.285. The summed E-state index contributed by atoms with van der Waals surface area (Å²) in [7, 11) is -3.95. The predicted molar refractivity (Wildman–Crippen MR) is 70.8 cm³/mol. The third-order valence-electron chi connectivity index (χ3n) is 2.67. The van der Waals surface area contributed by atoms with Gasteiger partial charge >= 0.3 is 0 Å². The highest BCUT2D eigenvalue weighted by Crippen LogP contribution is 2.16. The fraction of sp³-hybridized carbons (Fsp3) is 0.154. The van der Waals surface area contributed by atoms with Gasteiger partial charge in [0.2, 0.25) is 10.0 Å². The third kappa shape index (κ3) is 3.38. The standard InChI is InChI=1S/C13H13FN2O3S/c14-11-6-12(8-15-7-11)20(18,19)16-13(9-17)10-4-2-1-3-5-10/h1-8,13,16-17H,9H2/t13-/m1/s1. The molecular formula is C13H13FN2O3S. The summed E-state index contributed by atoms with van der Waals surface area (Å²) in [5.41, 5.74) is 0.614. The zero-order chi connectivity index (χ0) is 14.6. The lowest BCUT2D eigenvalue weighted by Crippen LogP contribution is -2.31. The van der Waals surface area contributed by atoms with Crippen molar-refractivity contribution in [3.63, 3.8) is 0 Å². The van der Waals surface area contributed by atoms with E-state index in [1.165, 1.54) is 0 Å². The molecule has 0 spiro atoms. The van der Waals surface area contributed by atoms with Crippen molar-refractivity contribution >= 4 is 10.0 Å². The number of pyridine rings is 1.